The summed E-state index contributed by atoms with van der Waals surface area (Å²) in [6.07, 6.45) is 1.70. The summed E-state index contributed by atoms with van der Waals surface area (Å²) >= 11 is 0. The number of rotatable bonds is 3. The van der Waals surface area contributed by atoms with E-state index in [2.05, 4.69) is 15.3 Å². The normalized spacial score (nSPS) is 10.3. The molecular weight excluding hydrogens is 217 g/mol. The molecule has 2 rings (SSSR count). The summed E-state index contributed by atoms with van der Waals surface area (Å²) in [5, 5.41) is 3.03. The molecule has 1 heterocycles. The molecular formula is C13H14FN3. The third kappa shape index (κ3) is 3.00. The number of aromatic nitrogens is 2. The fourth-order valence-corrected chi connectivity index (χ4v) is 1.56. The molecule has 1 aromatic heterocycles. The van der Waals surface area contributed by atoms with Gasteiger partial charge in [-0.3, -0.25) is 0 Å². The average Bonchev–Trinajstić information content (AvgIpc) is 2.30. The fourth-order valence-electron chi connectivity index (χ4n) is 1.56. The van der Waals surface area contributed by atoms with Gasteiger partial charge in [-0.05, 0) is 37.6 Å². The molecule has 2 aromatic rings. The van der Waals surface area contributed by atoms with Gasteiger partial charge in [-0.15, -0.1) is 0 Å². The van der Waals surface area contributed by atoms with Gasteiger partial charge in [0, 0.05) is 6.20 Å². The molecule has 0 unspecified atom stereocenters. The zero-order valence-electron chi connectivity index (χ0n) is 9.87. The van der Waals surface area contributed by atoms with Crippen molar-refractivity contribution in [2.75, 3.05) is 5.32 Å². The first kappa shape index (κ1) is 11.5. The molecule has 0 saturated carbocycles. The van der Waals surface area contributed by atoms with Crippen molar-refractivity contribution in [2.45, 2.75) is 20.4 Å². The lowest BCUT2D eigenvalue weighted by Gasteiger charge is -2.08. The Labute approximate surface area is 99.7 Å². The Hall–Kier alpha value is -1.97. The number of hydrogen-bond donors (Lipinski definition) is 1. The topological polar surface area (TPSA) is 37.8 Å². The molecule has 0 bridgehead atoms. The molecule has 4 heteroatoms. The van der Waals surface area contributed by atoms with E-state index in [9.17, 15) is 4.39 Å². The quantitative estimate of drug-likeness (QED) is 0.882. The van der Waals surface area contributed by atoms with Crippen LogP contribution in [0.5, 0.6) is 0 Å². The highest BCUT2D eigenvalue weighted by molar-refractivity contribution is 5.47. The van der Waals surface area contributed by atoms with Crippen molar-refractivity contribution >= 4 is 5.69 Å². The second-order valence-corrected chi connectivity index (χ2v) is 3.93. The molecule has 0 atom stereocenters. The molecule has 0 saturated heterocycles. The zero-order chi connectivity index (χ0) is 12.3. The number of anilines is 1. The Balaban J connectivity index is 2.09. The summed E-state index contributed by atoms with van der Waals surface area (Å²) in [6, 6.07) is 6.80. The molecule has 1 N–H and O–H groups in total. The van der Waals surface area contributed by atoms with E-state index in [1.54, 1.807) is 18.3 Å². The Morgan fingerprint density at radius 3 is 2.82 bits per heavy atom. The van der Waals surface area contributed by atoms with Crippen molar-refractivity contribution in [3.63, 3.8) is 0 Å². The Bertz CT molecular complexity index is 526. The van der Waals surface area contributed by atoms with E-state index in [4.69, 9.17) is 0 Å². The van der Waals surface area contributed by atoms with Crippen molar-refractivity contribution in [3.05, 3.63) is 53.4 Å². The van der Waals surface area contributed by atoms with Gasteiger partial charge in [-0.2, -0.15) is 0 Å². The number of halogens is 1. The molecule has 88 valence electrons. The highest BCUT2D eigenvalue weighted by Gasteiger charge is 2.02. The molecule has 0 fully saturated rings. The van der Waals surface area contributed by atoms with Crippen LogP contribution in [0, 0.1) is 19.7 Å². The molecule has 0 aliphatic heterocycles. The standard InChI is InChI=1S/C13H14FN3/c1-9-3-4-12(14)13(7-9)16-8-11-5-6-15-10(2)17-11/h3-7,16H,8H2,1-2H3. The summed E-state index contributed by atoms with van der Waals surface area (Å²) < 4.78 is 13.5. The first-order valence-electron chi connectivity index (χ1n) is 5.44. The van der Waals surface area contributed by atoms with Gasteiger partial charge < -0.3 is 5.32 Å². The highest BCUT2D eigenvalue weighted by Crippen LogP contribution is 2.16. The molecule has 0 aliphatic rings. The van der Waals surface area contributed by atoms with E-state index in [-0.39, 0.29) is 5.82 Å². The second-order valence-electron chi connectivity index (χ2n) is 3.93. The lowest BCUT2D eigenvalue weighted by atomic mass is 10.2. The minimum absolute atomic E-state index is 0.249. The number of nitrogens with zero attached hydrogens (tertiary/aromatic N) is 2. The maximum Gasteiger partial charge on any atom is 0.146 e. The SMILES string of the molecule is Cc1ccc(F)c(NCc2ccnc(C)n2)c1. The summed E-state index contributed by atoms with van der Waals surface area (Å²) in [4.78, 5) is 8.26. The van der Waals surface area contributed by atoms with Gasteiger partial charge in [-0.25, -0.2) is 14.4 Å². The molecule has 1 aromatic carbocycles. The van der Waals surface area contributed by atoms with Gasteiger partial charge in [0.2, 0.25) is 0 Å². The Kier molecular flexibility index (Phi) is 3.32. The van der Waals surface area contributed by atoms with Crippen LogP contribution < -0.4 is 5.32 Å². The minimum Gasteiger partial charge on any atom is -0.377 e. The monoisotopic (exact) mass is 231 g/mol. The van der Waals surface area contributed by atoms with Crippen molar-refractivity contribution in [2.24, 2.45) is 0 Å². The average molecular weight is 231 g/mol. The van der Waals surface area contributed by atoms with Gasteiger partial charge in [0.15, 0.2) is 0 Å². The van der Waals surface area contributed by atoms with Crippen molar-refractivity contribution in [1.29, 1.82) is 0 Å². The van der Waals surface area contributed by atoms with Crippen LogP contribution in [0.1, 0.15) is 17.1 Å². The molecule has 0 radical (unpaired) electrons. The van der Waals surface area contributed by atoms with Gasteiger partial charge in [0.1, 0.15) is 11.6 Å². The van der Waals surface area contributed by atoms with Gasteiger partial charge >= 0.3 is 0 Å². The van der Waals surface area contributed by atoms with E-state index >= 15 is 0 Å². The van der Waals surface area contributed by atoms with Crippen LogP contribution in [0.25, 0.3) is 0 Å². The van der Waals surface area contributed by atoms with E-state index in [0.717, 1.165) is 11.3 Å². The van der Waals surface area contributed by atoms with Crippen LogP contribution in [-0.2, 0) is 6.54 Å². The van der Waals surface area contributed by atoms with Crippen molar-refractivity contribution in [3.8, 4) is 0 Å². The molecule has 0 aliphatic carbocycles. The number of nitrogens with one attached hydrogen (secondary N) is 1. The maximum absolute atomic E-state index is 13.5. The van der Waals surface area contributed by atoms with Crippen LogP contribution in [0.15, 0.2) is 30.5 Å². The summed E-state index contributed by atoms with van der Waals surface area (Å²) in [7, 11) is 0. The van der Waals surface area contributed by atoms with E-state index in [0.29, 0.717) is 18.1 Å². The maximum atomic E-state index is 13.5. The summed E-state index contributed by atoms with van der Waals surface area (Å²) in [5.41, 5.74) is 2.37. The van der Waals surface area contributed by atoms with Crippen LogP contribution >= 0.6 is 0 Å². The van der Waals surface area contributed by atoms with E-state index in [1.165, 1.54) is 6.07 Å². The van der Waals surface area contributed by atoms with Gasteiger partial charge in [0.25, 0.3) is 0 Å². The summed E-state index contributed by atoms with van der Waals surface area (Å²) in [6.45, 7) is 4.25. The predicted molar refractivity (Wildman–Crippen MR) is 65.2 cm³/mol. The second kappa shape index (κ2) is 4.91. The molecule has 17 heavy (non-hydrogen) atoms. The van der Waals surface area contributed by atoms with Crippen molar-refractivity contribution < 1.29 is 4.39 Å². The highest BCUT2D eigenvalue weighted by atomic mass is 19.1. The fraction of sp³-hybridized carbons (Fsp3) is 0.231. The van der Waals surface area contributed by atoms with Gasteiger partial charge in [-0.1, -0.05) is 6.07 Å². The van der Waals surface area contributed by atoms with Crippen LogP contribution in [0.4, 0.5) is 10.1 Å². The van der Waals surface area contributed by atoms with Crippen LogP contribution in [-0.4, -0.2) is 9.97 Å². The predicted octanol–water partition coefficient (Wildman–Crippen LogP) is 2.84. The first-order valence-corrected chi connectivity index (χ1v) is 5.44. The molecule has 0 amide bonds. The van der Waals surface area contributed by atoms with E-state index < -0.39 is 0 Å². The van der Waals surface area contributed by atoms with E-state index in [1.807, 2.05) is 19.9 Å². The Morgan fingerprint density at radius 1 is 1.24 bits per heavy atom. The van der Waals surface area contributed by atoms with Crippen LogP contribution in [0.2, 0.25) is 0 Å². The smallest absolute Gasteiger partial charge is 0.146 e. The molecule has 3 nitrogen and oxygen atoms in total. The third-order valence-corrected chi connectivity index (χ3v) is 2.42. The lowest BCUT2D eigenvalue weighted by Crippen LogP contribution is -2.04. The lowest BCUT2D eigenvalue weighted by molar-refractivity contribution is 0.629. The summed E-state index contributed by atoms with van der Waals surface area (Å²) in [5.74, 6) is 0.468. The number of aryl methyl sites for hydroxylation is 2. The van der Waals surface area contributed by atoms with Crippen molar-refractivity contribution in [1.82, 2.24) is 9.97 Å². The number of hydrogen-bond acceptors (Lipinski definition) is 3. The molecule has 0 spiro atoms. The van der Waals surface area contributed by atoms with Gasteiger partial charge in [0.05, 0.1) is 17.9 Å². The largest absolute Gasteiger partial charge is 0.377 e. The zero-order valence-corrected chi connectivity index (χ0v) is 9.87. The Morgan fingerprint density at radius 2 is 2.06 bits per heavy atom. The number of benzene rings is 1. The third-order valence-electron chi connectivity index (χ3n) is 2.42. The first-order chi connectivity index (χ1) is 8.15. The minimum atomic E-state index is -0.249. The van der Waals surface area contributed by atoms with Crippen LogP contribution in [0.3, 0.4) is 0 Å².